The largest absolute Gasteiger partial charge is 0.297 e. The van der Waals surface area contributed by atoms with Crippen LogP contribution in [0.5, 0.6) is 0 Å². The molecule has 0 spiro atoms. The lowest BCUT2D eigenvalue weighted by molar-refractivity contribution is 0.122. The van der Waals surface area contributed by atoms with Gasteiger partial charge in [0.1, 0.15) is 5.82 Å². The molecular formula is C23H24FN3. The van der Waals surface area contributed by atoms with Gasteiger partial charge in [0.05, 0.1) is 0 Å². The maximum absolute atomic E-state index is 13.1. The van der Waals surface area contributed by atoms with Gasteiger partial charge in [-0.2, -0.15) is 0 Å². The van der Waals surface area contributed by atoms with Crippen molar-refractivity contribution in [3.8, 4) is 11.1 Å². The van der Waals surface area contributed by atoms with Crippen LogP contribution in [0.4, 0.5) is 4.39 Å². The number of halogens is 1. The van der Waals surface area contributed by atoms with Crippen LogP contribution in [0.2, 0.25) is 0 Å². The number of pyridine rings is 1. The minimum Gasteiger partial charge on any atom is -0.297 e. The number of hydrogen-bond acceptors (Lipinski definition) is 3. The van der Waals surface area contributed by atoms with E-state index in [1.807, 2.05) is 12.4 Å². The van der Waals surface area contributed by atoms with E-state index in [2.05, 4.69) is 51.2 Å². The van der Waals surface area contributed by atoms with E-state index >= 15 is 0 Å². The van der Waals surface area contributed by atoms with Crippen LogP contribution in [-0.2, 0) is 13.1 Å². The van der Waals surface area contributed by atoms with Crippen molar-refractivity contribution in [3.05, 3.63) is 90.0 Å². The number of nitrogens with zero attached hydrogens (tertiary/aromatic N) is 3. The summed E-state index contributed by atoms with van der Waals surface area (Å²) in [6.45, 7) is 6.22. The molecule has 0 atom stereocenters. The van der Waals surface area contributed by atoms with Gasteiger partial charge in [0.2, 0.25) is 0 Å². The van der Waals surface area contributed by atoms with Gasteiger partial charge in [-0.15, -0.1) is 0 Å². The van der Waals surface area contributed by atoms with Crippen molar-refractivity contribution in [1.82, 2.24) is 14.8 Å². The lowest BCUT2D eigenvalue weighted by Crippen LogP contribution is -2.45. The van der Waals surface area contributed by atoms with Gasteiger partial charge in [-0.3, -0.25) is 14.8 Å². The SMILES string of the molecule is Fc1ccc(-c2cncc(CN3CCN(Cc4ccccc4)CC3)c2)cc1. The Morgan fingerprint density at radius 1 is 0.704 bits per heavy atom. The van der Waals surface area contributed by atoms with Crippen LogP contribution in [0.1, 0.15) is 11.1 Å². The van der Waals surface area contributed by atoms with Crippen molar-refractivity contribution in [3.63, 3.8) is 0 Å². The summed E-state index contributed by atoms with van der Waals surface area (Å²) in [6, 6.07) is 19.4. The maximum atomic E-state index is 13.1. The van der Waals surface area contributed by atoms with E-state index in [4.69, 9.17) is 0 Å². The molecule has 1 aliphatic rings. The highest BCUT2D eigenvalue weighted by atomic mass is 19.1. The normalized spacial score (nSPS) is 15.7. The first-order chi connectivity index (χ1) is 13.3. The molecule has 0 unspecified atom stereocenters. The number of rotatable bonds is 5. The van der Waals surface area contributed by atoms with Gasteiger partial charge in [-0.05, 0) is 34.9 Å². The zero-order chi connectivity index (χ0) is 18.5. The number of benzene rings is 2. The molecule has 3 aromatic rings. The highest BCUT2D eigenvalue weighted by molar-refractivity contribution is 5.62. The van der Waals surface area contributed by atoms with Gasteiger partial charge in [-0.1, -0.05) is 42.5 Å². The molecule has 138 valence electrons. The van der Waals surface area contributed by atoms with Crippen LogP contribution < -0.4 is 0 Å². The predicted octanol–water partition coefficient (Wildman–Crippen LogP) is 4.21. The van der Waals surface area contributed by atoms with Crippen LogP contribution in [0.3, 0.4) is 0 Å². The highest BCUT2D eigenvalue weighted by Gasteiger charge is 2.17. The third kappa shape index (κ3) is 4.79. The van der Waals surface area contributed by atoms with Gasteiger partial charge in [0, 0.05) is 57.2 Å². The van der Waals surface area contributed by atoms with Crippen LogP contribution in [-0.4, -0.2) is 41.0 Å². The fourth-order valence-corrected chi connectivity index (χ4v) is 3.58. The first-order valence-corrected chi connectivity index (χ1v) is 9.45. The average molecular weight is 361 g/mol. The molecule has 2 heterocycles. The summed E-state index contributed by atoms with van der Waals surface area (Å²) in [5.74, 6) is -0.212. The molecule has 1 aromatic heterocycles. The molecule has 0 aliphatic carbocycles. The third-order valence-corrected chi connectivity index (χ3v) is 5.09. The third-order valence-electron chi connectivity index (χ3n) is 5.09. The molecule has 2 aromatic carbocycles. The van der Waals surface area contributed by atoms with Gasteiger partial charge in [0.15, 0.2) is 0 Å². The minimum absolute atomic E-state index is 0.212. The Kier molecular flexibility index (Phi) is 5.56. The second kappa shape index (κ2) is 8.42. The molecule has 3 nitrogen and oxygen atoms in total. The Labute approximate surface area is 160 Å². The summed E-state index contributed by atoms with van der Waals surface area (Å²) in [6.07, 6.45) is 3.78. The van der Waals surface area contributed by atoms with Gasteiger partial charge in [-0.25, -0.2) is 4.39 Å². The fourth-order valence-electron chi connectivity index (χ4n) is 3.58. The molecule has 0 radical (unpaired) electrons. The van der Waals surface area contributed by atoms with Crippen molar-refractivity contribution >= 4 is 0 Å². The first-order valence-electron chi connectivity index (χ1n) is 9.45. The molecule has 1 saturated heterocycles. The molecule has 0 bridgehead atoms. The summed E-state index contributed by atoms with van der Waals surface area (Å²) >= 11 is 0. The Hall–Kier alpha value is -2.56. The van der Waals surface area contributed by atoms with Crippen LogP contribution >= 0.6 is 0 Å². The molecule has 4 rings (SSSR count). The van der Waals surface area contributed by atoms with Gasteiger partial charge < -0.3 is 0 Å². The molecule has 4 heteroatoms. The summed E-state index contributed by atoms with van der Waals surface area (Å²) in [4.78, 5) is 9.38. The van der Waals surface area contributed by atoms with Crippen molar-refractivity contribution < 1.29 is 4.39 Å². The number of hydrogen-bond donors (Lipinski definition) is 0. The van der Waals surface area contributed by atoms with Crippen molar-refractivity contribution in [2.45, 2.75) is 13.1 Å². The lowest BCUT2D eigenvalue weighted by atomic mass is 10.1. The van der Waals surface area contributed by atoms with Gasteiger partial charge in [0.25, 0.3) is 0 Å². The van der Waals surface area contributed by atoms with E-state index in [1.54, 1.807) is 12.1 Å². The molecule has 0 N–H and O–H groups in total. The number of piperazine rings is 1. The second-order valence-corrected chi connectivity index (χ2v) is 7.13. The zero-order valence-electron chi connectivity index (χ0n) is 15.4. The average Bonchev–Trinajstić information content (AvgIpc) is 2.71. The zero-order valence-corrected chi connectivity index (χ0v) is 15.4. The number of aromatic nitrogens is 1. The molecular weight excluding hydrogens is 337 g/mol. The summed E-state index contributed by atoms with van der Waals surface area (Å²) < 4.78 is 13.1. The van der Waals surface area contributed by atoms with E-state index in [9.17, 15) is 4.39 Å². The van der Waals surface area contributed by atoms with E-state index in [0.717, 1.165) is 50.4 Å². The molecule has 0 amide bonds. The Morgan fingerprint density at radius 2 is 1.33 bits per heavy atom. The van der Waals surface area contributed by atoms with E-state index < -0.39 is 0 Å². The standard InChI is InChI=1S/C23H24FN3/c24-23-8-6-21(7-9-23)22-14-20(15-25-16-22)18-27-12-10-26(11-13-27)17-19-4-2-1-3-5-19/h1-9,14-16H,10-13,17-18H2. The predicted molar refractivity (Wildman–Crippen MR) is 107 cm³/mol. The fraction of sp³-hybridized carbons (Fsp3) is 0.261. The second-order valence-electron chi connectivity index (χ2n) is 7.13. The highest BCUT2D eigenvalue weighted by Crippen LogP contribution is 2.21. The maximum Gasteiger partial charge on any atom is 0.123 e. The van der Waals surface area contributed by atoms with E-state index in [1.165, 1.54) is 23.3 Å². The van der Waals surface area contributed by atoms with Crippen LogP contribution in [0, 0.1) is 5.82 Å². The smallest absolute Gasteiger partial charge is 0.123 e. The Morgan fingerprint density at radius 3 is 2.00 bits per heavy atom. The van der Waals surface area contributed by atoms with Crippen molar-refractivity contribution in [1.29, 1.82) is 0 Å². The topological polar surface area (TPSA) is 19.4 Å². The monoisotopic (exact) mass is 361 g/mol. The van der Waals surface area contributed by atoms with Crippen LogP contribution in [0.15, 0.2) is 73.1 Å². The minimum atomic E-state index is -0.212. The molecule has 1 aliphatic heterocycles. The van der Waals surface area contributed by atoms with E-state index in [-0.39, 0.29) is 5.82 Å². The van der Waals surface area contributed by atoms with Gasteiger partial charge >= 0.3 is 0 Å². The lowest BCUT2D eigenvalue weighted by Gasteiger charge is -2.34. The summed E-state index contributed by atoms with van der Waals surface area (Å²) in [7, 11) is 0. The quantitative estimate of drug-likeness (QED) is 0.679. The summed E-state index contributed by atoms with van der Waals surface area (Å²) in [5.41, 5.74) is 4.61. The molecule has 27 heavy (non-hydrogen) atoms. The van der Waals surface area contributed by atoms with E-state index in [0.29, 0.717) is 0 Å². The Balaban J connectivity index is 1.34. The Bertz CT molecular complexity index is 856. The van der Waals surface area contributed by atoms with Crippen molar-refractivity contribution in [2.75, 3.05) is 26.2 Å². The summed E-state index contributed by atoms with van der Waals surface area (Å²) in [5, 5.41) is 0. The van der Waals surface area contributed by atoms with Crippen molar-refractivity contribution in [2.24, 2.45) is 0 Å². The first kappa shape index (κ1) is 17.8. The molecule has 0 saturated carbocycles. The van der Waals surface area contributed by atoms with Crippen LogP contribution in [0.25, 0.3) is 11.1 Å². The molecule has 1 fully saturated rings.